The molecule has 1 aliphatic heterocycles. The first-order valence-electron chi connectivity index (χ1n) is 9.03. The van der Waals surface area contributed by atoms with Crippen molar-refractivity contribution in [3.05, 3.63) is 0 Å². The lowest BCUT2D eigenvalue weighted by atomic mass is 9.85. The van der Waals surface area contributed by atoms with Crippen molar-refractivity contribution in [1.82, 2.24) is 10.2 Å². The monoisotopic (exact) mass is 294 g/mol. The summed E-state index contributed by atoms with van der Waals surface area (Å²) in [7, 11) is 0. The second-order valence-electron chi connectivity index (χ2n) is 7.84. The highest BCUT2D eigenvalue weighted by Crippen LogP contribution is 2.32. The average Bonchev–Trinajstić information content (AvgIpc) is 2.85. The van der Waals surface area contributed by atoms with Gasteiger partial charge in [-0.05, 0) is 56.4 Å². The summed E-state index contributed by atoms with van der Waals surface area (Å²) in [6, 6.07) is 0.698. The van der Waals surface area contributed by atoms with E-state index in [0.717, 1.165) is 44.8 Å². The summed E-state index contributed by atoms with van der Waals surface area (Å²) in [6.07, 6.45) is 9.37. The van der Waals surface area contributed by atoms with Crippen LogP contribution in [0.3, 0.4) is 0 Å². The molecule has 0 aromatic carbocycles. The van der Waals surface area contributed by atoms with Crippen LogP contribution < -0.4 is 5.32 Å². The van der Waals surface area contributed by atoms with Crippen molar-refractivity contribution in [3.63, 3.8) is 0 Å². The molecule has 0 radical (unpaired) electrons. The molecule has 2 fully saturated rings. The van der Waals surface area contributed by atoms with Gasteiger partial charge in [0, 0.05) is 25.6 Å². The third-order valence-corrected chi connectivity index (χ3v) is 5.51. The Morgan fingerprint density at radius 3 is 2.86 bits per heavy atom. The lowest BCUT2D eigenvalue weighted by Crippen LogP contribution is -2.37. The molecule has 1 heterocycles. The standard InChI is InChI=1S/C18H34N2O/c1-4-12-19-16-7-5-6-15(16)9-13-20-14-11-18(2,3)10-8-17(20)21/h15-16,19H,4-14H2,1-3H3. The van der Waals surface area contributed by atoms with Crippen molar-refractivity contribution < 1.29 is 4.79 Å². The lowest BCUT2D eigenvalue weighted by Gasteiger charge is -2.26. The molecular formula is C18H34N2O. The van der Waals surface area contributed by atoms with Crippen LogP contribution in [0.5, 0.6) is 0 Å². The maximum atomic E-state index is 12.3. The Hall–Kier alpha value is -0.570. The second kappa shape index (κ2) is 7.62. The van der Waals surface area contributed by atoms with Crippen LogP contribution in [-0.4, -0.2) is 36.5 Å². The van der Waals surface area contributed by atoms with Crippen molar-refractivity contribution in [2.24, 2.45) is 11.3 Å². The summed E-state index contributed by atoms with van der Waals surface area (Å²) < 4.78 is 0. The smallest absolute Gasteiger partial charge is 0.222 e. The number of carbonyl (C=O) groups is 1. The first kappa shape index (κ1) is 16.8. The van der Waals surface area contributed by atoms with Gasteiger partial charge in [-0.15, -0.1) is 0 Å². The van der Waals surface area contributed by atoms with E-state index in [1.54, 1.807) is 0 Å². The number of nitrogens with one attached hydrogen (secondary N) is 1. The van der Waals surface area contributed by atoms with Crippen molar-refractivity contribution in [2.75, 3.05) is 19.6 Å². The third kappa shape index (κ3) is 4.98. The largest absolute Gasteiger partial charge is 0.343 e. The third-order valence-electron chi connectivity index (χ3n) is 5.51. The van der Waals surface area contributed by atoms with Gasteiger partial charge in [0.1, 0.15) is 0 Å². The summed E-state index contributed by atoms with van der Waals surface area (Å²) in [5.41, 5.74) is 0.336. The van der Waals surface area contributed by atoms with Crippen LogP contribution in [0.25, 0.3) is 0 Å². The van der Waals surface area contributed by atoms with Crippen LogP contribution in [0.2, 0.25) is 0 Å². The molecule has 2 rings (SSSR count). The van der Waals surface area contributed by atoms with Crippen LogP contribution in [0, 0.1) is 11.3 Å². The number of carbonyl (C=O) groups excluding carboxylic acids is 1. The molecule has 21 heavy (non-hydrogen) atoms. The molecule has 1 aliphatic carbocycles. The maximum absolute atomic E-state index is 12.3. The summed E-state index contributed by atoms with van der Waals surface area (Å²) in [6.45, 7) is 9.90. The molecule has 1 saturated heterocycles. The lowest BCUT2D eigenvalue weighted by molar-refractivity contribution is -0.130. The van der Waals surface area contributed by atoms with Gasteiger partial charge in [0.25, 0.3) is 0 Å². The Morgan fingerprint density at radius 2 is 2.10 bits per heavy atom. The fraction of sp³-hybridized carbons (Fsp3) is 0.944. The summed E-state index contributed by atoms with van der Waals surface area (Å²) >= 11 is 0. The van der Waals surface area contributed by atoms with Gasteiger partial charge in [-0.2, -0.15) is 0 Å². The maximum Gasteiger partial charge on any atom is 0.222 e. The van der Waals surface area contributed by atoms with E-state index >= 15 is 0 Å². The highest BCUT2D eigenvalue weighted by Gasteiger charge is 2.30. The Balaban J connectivity index is 1.80. The Labute approximate surface area is 130 Å². The van der Waals surface area contributed by atoms with E-state index in [2.05, 4.69) is 31.0 Å². The fourth-order valence-electron chi connectivity index (χ4n) is 3.83. The first-order chi connectivity index (χ1) is 10.0. The van der Waals surface area contributed by atoms with Gasteiger partial charge in [0.15, 0.2) is 0 Å². The van der Waals surface area contributed by atoms with E-state index in [0.29, 0.717) is 17.4 Å². The normalized spacial score (nSPS) is 29.7. The summed E-state index contributed by atoms with van der Waals surface area (Å²) in [5, 5.41) is 3.70. The van der Waals surface area contributed by atoms with Gasteiger partial charge in [0.2, 0.25) is 5.91 Å². The van der Waals surface area contributed by atoms with Crippen molar-refractivity contribution in [1.29, 1.82) is 0 Å². The van der Waals surface area contributed by atoms with E-state index < -0.39 is 0 Å². The average molecular weight is 294 g/mol. The SMILES string of the molecule is CCCNC1CCCC1CCN1CCC(C)(C)CCC1=O. The highest BCUT2D eigenvalue weighted by atomic mass is 16.2. The van der Waals surface area contributed by atoms with Crippen LogP contribution in [0.1, 0.15) is 72.1 Å². The van der Waals surface area contributed by atoms with Gasteiger partial charge in [0.05, 0.1) is 0 Å². The molecule has 0 aromatic heterocycles. The minimum atomic E-state index is 0.336. The quantitative estimate of drug-likeness (QED) is 0.812. The highest BCUT2D eigenvalue weighted by molar-refractivity contribution is 5.76. The Bertz CT molecular complexity index is 340. The number of rotatable bonds is 6. The molecular weight excluding hydrogens is 260 g/mol. The molecule has 0 bridgehead atoms. The van der Waals surface area contributed by atoms with Gasteiger partial charge in [-0.1, -0.05) is 27.2 Å². The Morgan fingerprint density at radius 1 is 1.29 bits per heavy atom. The fourth-order valence-corrected chi connectivity index (χ4v) is 3.83. The number of nitrogens with zero attached hydrogens (tertiary/aromatic N) is 1. The molecule has 1 amide bonds. The summed E-state index contributed by atoms with van der Waals surface area (Å²) in [5.74, 6) is 1.16. The van der Waals surface area contributed by atoms with Crippen LogP contribution in [0.15, 0.2) is 0 Å². The Kier molecular flexibility index (Phi) is 6.09. The zero-order valence-corrected chi connectivity index (χ0v) is 14.3. The molecule has 0 aromatic rings. The van der Waals surface area contributed by atoms with Crippen molar-refractivity contribution in [2.45, 2.75) is 78.2 Å². The molecule has 3 heteroatoms. The number of amides is 1. The zero-order valence-electron chi connectivity index (χ0n) is 14.3. The molecule has 1 saturated carbocycles. The van der Waals surface area contributed by atoms with Crippen LogP contribution in [0.4, 0.5) is 0 Å². The van der Waals surface area contributed by atoms with E-state index in [-0.39, 0.29) is 0 Å². The van der Waals surface area contributed by atoms with Gasteiger partial charge in [-0.25, -0.2) is 0 Å². The minimum Gasteiger partial charge on any atom is -0.343 e. The van der Waals surface area contributed by atoms with E-state index in [9.17, 15) is 4.79 Å². The molecule has 3 nitrogen and oxygen atoms in total. The molecule has 2 atom stereocenters. The van der Waals surface area contributed by atoms with Crippen LogP contribution in [-0.2, 0) is 4.79 Å². The molecule has 122 valence electrons. The van der Waals surface area contributed by atoms with Gasteiger partial charge in [-0.3, -0.25) is 4.79 Å². The minimum absolute atomic E-state index is 0.336. The number of likely N-dealkylation sites (tertiary alicyclic amines) is 1. The van der Waals surface area contributed by atoms with Gasteiger partial charge >= 0.3 is 0 Å². The van der Waals surface area contributed by atoms with Crippen molar-refractivity contribution in [3.8, 4) is 0 Å². The van der Waals surface area contributed by atoms with Crippen molar-refractivity contribution >= 4 is 5.91 Å². The zero-order chi connectivity index (χ0) is 15.3. The molecule has 1 N–H and O–H groups in total. The van der Waals surface area contributed by atoms with E-state index in [1.807, 2.05) is 0 Å². The van der Waals surface area contributed by atoms with Crippen LogP contribution >= 0.6 is 0 Å². The first-order valence-corrected chi connectivity index (χ1v) is 9.03. The molecule has 2 aliphatic rings. The predicted octanol–water partition coefficient (Wildman–Crippen LogP) is 3.58. The van der Waals surface area contributed by atoms with E-state index in [4.69, 9.17) is 0 Å². The second-order valence-corrected chi connectivity index (χ2v) is 7.84. The van der Waals surface area contributed by atoms with E-state index in [1.165, 1.54) is 32.1 Å². The molecule has 0 spiro atoms. The molecule has 2 unspecified atom stereocenters. The topological polar surface area (TPSA) is 32.3 Å². The summed E-state index contributed by atoms with van der Waals surface area (Å²) in [4.78, 5) is 14.4. The number of hydrogen-bond acceptors (Lipinski definition) is 2. The number of hydrogen-bond donors (Lipinski definition) is 1. The van der Waals surface area contributed by atoms with Gasteiger partial charge < -0.3 is 10.2 Å². The predicted molar refractivity (Wildman–Crippen MR) is 88.3 cm³/mol.